The van der Waals surface area contributed by atoms with Crippen LogP contribution in [-0.2, 0) is 17.9 Å². The van der Waals surface area contributed by atoms with E-state index in [1.54, 1.807) is 7.11 Å². The van der Waals surface area contributed by atoms with Gasteiger partial charge in [0.1, 0.15) is 0 Å². The van der Waals surface area contributed by atoms with Crippen LogP contribution in [0.3, 0.4) is 0 Å². The van der Waals surface area contributed by atoms with E-state index < -0.39 is 0 Å². The van der Waals surface area contributed by atoms with Gasteiger partial charge in [-0.05, 0) is 42.5 Å². The van der Waals surface area contributed by atoms with Gasteiger partial charge in [0.2, 0.25) is 5.91 Å². The van der Waals surface area contributed by atoms with E-state index >= 15 is 0 Å². The van der Waals surface area contributed by atoms with Crippen LogP contribution in [0.2, 0.25) is 0 Å². The Morgan fingerprint density at radius 1 is 1.15 bits per heavy atom. The summed E-state index contributed by atoms with van der Waals surface area (Å²) in [7, 11) is 1.72. The second kappa shape index (κ2) is 7.12. The maximum atomic E-state index is 12.0. The Balaban J connectivity index is 1.93. The molecule has 1 heterocycles. The summed E-state index contributed by atoms with van der Waals surface area (Å²) in [6.45, 7) is 1.59. The molecule has 0 radical (unpaired) electrons. The summed E-state index contributed by atoms with van der Waals surface area (Å²) in [5, 5.41) is 2.08. The van der Waals surface area contributed by atoms with Gasteiger partial charge in [-0.2, -0.15) is 0 Å². The number of hydrogen-bond donors (Lipinski definition) is 1. The number of nitrogens with zero attached hydrogens (tertiary/aromatic N) is 1. The molecule has 4 heteroatoms. The van der Waals surface area contributed by atoms with Gasteiger partial charge in [-0.3, -0.25) is 4.79 Å². The first-order valence-corrected chi connectivity index (χ1v) is 9.51. The van der Waals surface area contributed by atoms with Gasteiger partial charge in [0.05, 0.1) is 6.61 Å². The quantitative estimate of drug-likeness (QED) is 0.730. The highest BCUT2D eigenvalue weighted by molar-refractivity contribution is 6.17. The maximum absolute atomic E-state index is 12.0. The molecule has 26 heavy (non-hydrogen) atoms. The summed E-state index contributed by atoms with van der Waals surface area (Å²) in [6.07, 6.45) is 6.57. The SMILES string of the molecule is COCc1ccc2c3c(C(N)=O)cccc3n(CC3CCCCC3)c2c1. The lowest BCUT2D eigenvalue weighted by Crippen LogP contribution is -2.14. The number of primary amides is 1. The highest BCUT2D eigenvalue weighted by atomic mass is 16.5. The van der Waals surface area contributed by atoms with Crippen molar-refractivity contribution in [3.8, 4) is 0 Å². The Morgan fingerprint density at radius 2 is 1.96 bits per heavy atom. The smallest absolute Gasteiger partial charge is 0.249 e. The molecule has 2 aromatic carbocycles. The number of methoxy groups -OCH3 is 1. The maximum Gasteiger partial charge on any atom is 0.249 e. The predicted molar refractivity (Wildman–Crippen MR) is 105 cm³/mol. The third kappa shape index (κ3) is 2.99. The molecule has 1 amide bonds. The van der Waals surface area contributed by atoms with Crippen molar-refractivity contribution in [2.24, 2.45) is 11.7 Å². The highest BCUT2D eigenvalue weighted by Gasteiger charge is 2.20. The summed E-state index contributed by atoms with van der Waals surface area (Å²) in [5.41, 5.74) is 9.71. The largest absolute Gasteiger partial charge is 0.380 e. The van der Waals surface area contributed by atoms with Crippen molar-refractivity contribution >= 4 is 27.7 Å². The zero-order valence-corrected chi connectivity index (χ0v) is 15.3. The van der Waals surface area contributed by atoms with Gasteiger partial charge >= 0.3 is 0 Å². The number of nitrogens with two attached hydrogens (primary N) is 1. The third-order valence-electron chi connectivity index (χ3n) is 5.70. The summed E-state index contributed by atoms with van der Waals surface area (Å²) >= 11 is 0. The van der Waals surface area contributed by atoms with Crippen LogP contribution < -0.4 is 5.73 Å². The van der Waals surface area contributed by atoms with Crippen LogP contribution >= 0.6 is 0 Å². The van der Waals surface area contributed by atoms with Gasteiger partial charge in [-0.25, -0.2) is 0 Å². The first-order chi connectivity index (χ1) is 12.7. The number of benzene rings is 2. The van der Waals surface area contributed by atoms with E-state index in [1.165, 1.54) is 37.6 Å². The predicted octanol–water partition coefficient (Wildman–Crippen LogP) is 4.62. The van der Waals surface area contributed by atoms with Crippen molar-refractivity contribution in [2.45, 2.75) is 45.3 Å². The summed E-state index contributed by atoms with van der Waals surface area (Å²) in [6, 6.07) is 12.3. The number of fused-ring (bicyclic) bond motifs is 3. The van der Waals surface area contributed by atoms with Gasteiger partial charge in [-0.1, -0.05) is 37.5 Å². The first kappa shape index (κ1) is 17.1. The standard InChI is InChI=1S/C22H26N2O2/c1-26-14-16-10-11-17-20(12-16)24(13-15-6-3-2-4-7-15)19-9-5-8-18(21(17)19)22(23)25/h5,8-12,15H,2-4,6-7,13-14H2,1H3,(H2,23,25). The molecule has 0 atom stereocenters. The molecule has 136 valence electrons. The van der Waals surface area contributed by atoms with E-state index in [-0.39, 0.29) is 5.91 Å². The van der Waals surface area contributed by atoms with Crippen LogP contribution in [-0.4, -0.2) is 17.6 Å². The summed E-state index contributed by atoms with van der Waals surface area (Å²) in [4.78, 5) is 12.0. The Hall–Kier alpha value is -2.33. The number of carbonyl (C=O) groups excluding carboxylic acids is 1. The second-order valence-electron chi connectivity index (χ2n) is 7.46. The van der Waals surface area contributed by atoms with Crippen molar-refractivity contribution in [1.82, 2.24) is 4.57 Å². The molecule has 1 saturated carbocycles. The van der Waals surface area contributed by atoms with Crippen LogP contribution in [0.15, 0.2) is 36.4 Å². The molecule has 2 N–H and O–H groups in total. The molecule has 0 unspecified atom stereocenters. The van der Waals surface area contributed by atoms with Gasteiger partial charge in [-0.15, -0.1) is 0 Å². The van der Waals surface area contributed by atoms with Gasteiger partial charge in [0.25, 0.3) is 0 Å². The molecular formula is C22H26N2O2. The van der Waals surface area contributed by atoms with Crippen LogP contribution in [0.1, 0.15) is 48.0 Å². The van der Waals surface area contributed by atoms with Crippen LogP contribution in [0.25, 0.3) is 21.8 Å². The van der Waals surface area contributed by atoms with Crippen LogP contribution in [0.4, 0.5) is 0 Å². The molecule has 1 aliphatic rings. The van der Waals surface area contributed by atoms with Crippen molar-refractivity contribution in [1.29, 1.82) is 0 Å². The van der Waals surface area contributed by atoms with E-state index in [0.717, 1.165) is 28.4 Å². The molecule has 4 nitrogen and oxygen atoms in total. The van der Waals surface area contributed by atoms with E-state index in [0.29, 0.717) is 18.1 Å². The minimum Gasteiger partial charge on any atom is -0.380 e. The lowest BCUT2D eigenvalue weighted by molar-refractivity contribution is 0.100. The fourth-order valence-corrected chi connectivity index (χ4v) is 4.48. The van der Waals surface area contributed by atoms with Gasteiger partial charge < -0.3 is 15.0 Å². The molecular weight excluding hydrogens is 324 g/mol. The molecule has 1 aliphatic carbocycles. The fraction of sp³-hybridized carbons (Fsp3) is 0.409. The second-order valence-corrected chi connectivity index (χ2v) is 7.46. The molecule has 1 aromatic heterocycles. The Bertz CT molecular complexity index is 952. The Kier molecular flexibility index (Phi) is 4.68. The third-order valence-corrected chi connectivity index (χ3v) is 5.70. The fourth-order valence-electron chi connectivity index (χ4n) is 4.48. The molecule has 1 fully saturated rings. The lowest BCUT2D eigenvalue weighted by atomic mass is 9.89. The average molecular weight is 350 g/mol. The zero-order valence-electron chi connectivity index (χ0n) is 15.3. The van der Waals surface area contributed by atoms with Gasteiger partial charge in [0.15, 0.2) is 0 Å². The van der Waals surface area contributed by atoms with E-state index in [9.17, 15) is 4.79 Å². The number of ether oxygens (including phenoxy) is 1. The first-order valence-electron chi connectivity index (χ1n) is 9.51. The van der Waals surface area contributed by atoms with Crippen LogP contribution in [0.5, 0.6) is 0 Å². The lowest BCUT2D eigenvalue weighted by Gasteiger charge is -2.23. The van der Waals surface area contributed by atoms with Crippen molar-refractivity contribution in [3.05, 3.63) is 47.5 Å². The number of carbonyl (C=O) groups is 1. The van der Waals surface area contributed by atoms with Crippen molar-refractivity contribution in [2.75, 3.05) is 7.11 Å². The van der Waals surface area contributed by atoms with Crippen molar-refractivity contribution < 1.29 is 9.53 Å². The normalized spacial score (nSPS) is 15.7. The molecule has 0 saturated heterocycles. The van der Waals surface area contributed by atoms with Crippen molar-refractivity contribution in [3.63, 3.8) is 0 Å². The van der Waals surface area contributed by atoms with Crippen LogP contribution in [0, 0.1) is 5.92 Å². The average Bonchev–Trinajstić information content (AvgIpc) is 2.96. The topological polar surface area (TPSA) is 57.2 Å². The highest BCUT2D eigenvalue weighted by Crippen LogP contribution is 2.35. The molecule has 0 aliphatic heterocycles. The Morgan fingerprint density at radius 3 is 2.69 bits per heavy atom. The molecule has 0 bridgehead atoms. The van der Waals surface area contributed by atoms with E-state index in [1.807, 2.05) is 12.1 Å². The number of aromatic nitrogens is 1. The number of amides is 1. The van der Waals surface area contributed by atoms with E-state index in [2.05, 4.69) is 28.8 Å². The minimum atomic E-state index is -0.367. The number of rotatable bonds is 5. The molecule has 3 aromatic rings. The van der Waals surface area contributed by atoms with Gasteiger partial charge in [0, 0.05) is 41.0 Å². The van der Waals surface area contributed by atoms with E-state index in [4.69, 9.17) is 10.5 Å². The minimum absolute atomic E-state index is 0.367. The zero-order chi connectivity index (χ0) is 18.1. The summed E-state index contributed by atoms with van der Waals surface area (Å²) in [5.74, 6) is 0.333. The number of hydrogen-bond acceptors (Lipinski definition) is 2. The monoisotopic (exact) mass is 350 g/mol. The molecule has 4 rings (SSSR count). The molecule has 0 spiro atoms. The summed E-state index contributed by atoms with van der Waals surface area (Å²) < 4.78 is 7.71. The Labute approximate surface area is 153 Å².